The minimum absolute atomic E-state index is 0.0289. The quantitative estimate of drug-likeness (QED) is 0.603. The summed E-state index contributed by atoms with van der Waals surface area (Å²) in [6.45, 7) is 1.93. The van der Waals surface area contributed by atoms with E-state index < -0.39 is 24.1 Å². The van der Waals surface area contributed by atoms with E-state index in [0.717, 1.165) is 0 Å². The molecule has 1 N–H and O–H groups in total. The van der Waals surface area contributed by atoms with Gasteiger partial charge in [-0.15, -0.1) is 0 Å². The highest BCUT2D eigenvalue weighted by Gasteiger charge is 2.26. The van der Waals surface area contributed by atoms with Gasteiger partial charge in [-0.25, -0.2) is 9.59 Å². The van der Waals surface area contributed by atoms with Crippen LogP contribution in [0.1, 0.15) is 25.0 Å². The average Bonchev–Trinajstić information content (AvgIpc) is 2.52. The van der Waals surface area contributed by atoms with E-state index in [0.29, 0.717) is 10.6 Å². The van der Waals surface area contributed by atoms with Gasteiger partial charge in [-0.3, -0.25) is 4.79 Å². The lowest BCUT2D eigenvalue weighted by atomic mass is 10.1. The number of nitrogens with one attached hydrogen (secondary N) is 1. The third kappa shape index (κ3) is 6.56. The Labute approximate surface area is 138 Å². The Kier molecular flexibility index (Phi) is 7.90. The van der Waals surface area contributed by atoms with Gasteiger partial charge in [-0.1, -0.05) is 23.7 Å². The number of hydrogen-bond acceptors (Lipinski definition) is 6. The second kappa shape index (κ2) is 9.68. The Morgan fingerprint density at radius 1 is 1.30 bits per heavy atom. The highest BCUT2D eigenvalue weighted by atomic mass is 35.5. The lowest BCUT2D eigenvalue weighted by Crippen LogP contribution is -2.28. The molecule has 0 aliphatic rings. The molecule has 1 atom stereocenters. The molecule has 1 aromatic rings. The number of hydrogen-bond donors (Lipinski definition) is 1. The zero-order chi connectivity index (χ0) is 17.2. The molecule has 0 saturated carbocycles. The molecule has 0 spiro atoms. The van der Waals surface area contributed by atoms with Gasteiger partial charge in [0.25, 0.3) is 0 Å². The van der Waals surface area contributed by atoms with Crippen LogP contribution >= 0.6 is 11.6 Å². The number of carbonyl (C=O) groups excluding carboxylic acids is 3. The molecule has 7 nitrogen and oxygen atoms in total. The van der Waals surface area contributed by atoms with Crippen LogP contribution in [0.25, 0.3) is 0 Å². The summed E-state index contributed by atoms with van der Waals surface area (Å²) in [5.74, 6) is -1.39. The third-order valence-corrected chi connectivity index (χ3v) is 2.92. The van der Waals surface area contributed by atoms with Crippen molar-refractivity contribution in [3.8, 4) is 0 Å². The van der Waals surface area contributed by atoms with E-state index in [1.165, 1.54) is 13.2 Å². The van der Waals surface area contributed by atoms with Gasteiger partial charge in [-0.05, 0) is 19.1 Å². The number of ether oxygens (including phenoxy) is 3. The predicted octanol–water partition coefficient (Wildman–Crippen LogP) is 2.23. The number of benzene rings is 1. The molecular weight excluding hydrogens is 326 g/mol. The highest BCUT2D eigenvalue weighted by molar-refractivity contribution is 6.30. The van der Waals surface area contributed by atoms with Gasteiger partial charge in [0.15, 0.2) is 0 Å². The molecule has 23 heavy (non-hydrogen) atoms. The summed E-state index contributed by atoms with van der Waals surface area (Å²) in [5.41, 5.74) is 0.399. The van der Waals surface area contributed by atoms with Crippen LogP contribution in [0.3, 0.4) is 0 Å². The fourth-order valence-corrected chi connectivity index (χ4v) is 1.87. The molecule has 1 amide bonds. The SMILES string of the molecule is CCOC(=O)NCCC(=O)O[C@H](C(=O)OC)c1cccc(Cl)c1. The van der Waals surface area contributed by atoms with Crippen LogP contribution in [0, 0.1) is 0 Å². The first-order valence-electron chi connectivity index (χ1n) is 6.91. The van der Waals surface area contributed by atoms with E-state index in [2.05, 4.69) is 14.8 Å². The molecule has 0 unspecified atom stereocenters. The van der Waals surface area contributed by atoms with Crippen molar-refractivity contribution >= 4 is 29.6 Å². The lowest BCUT2D eigenvalue weighted by molar-refractivity contribution is -0.166. The van der Waals surface area contributed by atoms with E-state index in [9.17, 15) is 14.4 Å². The smallest absolute Gasteiger partial charge is 0.407 e. The molecule has 0 aliphatic heterocycles. The number of esters is 2. The van der Waals surface area contributed by atoms with Crippen molar-refractivity contribution in [3.05, 3.63) is 34.9 Å². The third-order valence-electron chi connectivity index (χ3n) is 2.69. The molecular formula is C15H18ClNO6. The van der Waals surface area contributed by atoms with E-state index >= 15 is 0 Å². The average molecular weight is 344 g/mol. The number of alkyl carbamates (subject to hydrolysis) is 1. The summed E-state index contributed by atoms with van der Waals surface area (Å²) < 4.78 is 14.4. The molecule has 0 saturated heterocycles. The van der Waals surface area contributed by atoms with E-state index in [1.807, 2.05) is 0 Å². The van der Waals surface area contributed by atoms with Gasteiger partial charge in [0.05, 0.1) is 20.1 Å². The summed E-state index contributed by atoms with van der Waals surface area (Å²) in [6.07, 6.45) is -1.96. The van der Waals surface area contributed by atoms with Crippen LogP contribution in [-0.4, -0.2) is 38.3 Å². The van der Waals surface area contributed by atoms with Crippen LogP contribution in [0.4, 0.5) is 4.79 Å². The van der Waals surface area contributed by atoms with Crippen molar-refractivity contribution in [2.45, 2.75) is 19.4 Å². The van der Waals surface area contributed by atoms with Crippen molar-refractivity contribution in [1.82, 2.24) is 5.32 Å². The van der Waals surface area contributed by atoms with Crippen LogP contribution in [-0.2, 0) is 23.8 Å². The summed E-state index contributed by atoms with van der Waals surface area (Å²) in [7, 11) is 1.19. The van der Waals surface area contributed by atoms with Gasteiger partial charge in [-0.2, -0.15) is 0 Å². The number of methoxy groups -OCH3 is 1. The number of amides is 1. The first kappa shape index (κ1) is 18.8. The van der Waals surface area contributed by atoms with Gasteiger partial charge in [0, 0.05) is 17.1 Å². The zero-order valence-electron chi connectivity index (χ0n) is 12.8. The van der Waals surface area contributed by atoms with E-state index in [4.69, 9.17) is 16.3 Å². The molecule has 8 heteroatoms. The Hall–Kier alpha value is -2.28. The van der Waals surface area contributed by atoms with Crippen molar-refractivity contribution < 1.29 is 28.6 Å². The van der Waals surface area contributed by atoms with E-state index in [1.54, 1.807) is 25.1 Å². The summed E-state index contributed by atoms with van der Waals surface area (Å²) in [6, 6.07) is 6.36. The molecule has 0 radical (unpaired) electrons. The van der Waals surface area contributed by atoms with Gasteiger partial charge < -0.3 is 19.5 Å². The van der Waals surface area contributed by atoms with Crippen molar-refractivity contribution in [2.24, 2.45) is 0 Å². The van der Waals surface area contributed by atoms with Gasteiger partial charge in [0.1, 0.15) is 0 Å². The van der Waals surface area contributed by atoms with E-state index in [-0.39, 0.29) is 19.6 Å². The zero-order valence-corrected chi connectivity index (χ0v) is 13.6. The minimum Gasteiger partial charge on any atom is -0.466 e. The minimum atomic E-state index is -1.21. The fraction of sp³-hybridized carbons (Fsp3) is 0.400. The maximum absolute atomic E-state index is 11.8. The topological polar surface area (TPSA) is 90.9 Å². The van der Waals surface area contributed by atoms with Crippen molar-refractivity contribution in [2.75, 3.05) is 20.3 Å². The number of halogens is 1. The van der Waals surface area contributed by atoms with Crippen LogP contribution < -0.4 is 5.32 Å². The molecule has 0 heterocycles. The van der Waals surface area contributed by atoms with Gasteiger partial charge >= 0.3 is 18.0 Å². The molecule has 0 bridgehead atoms. The molecule has 1 rings (SSSR count). The molecule has 0 aliphatic carbocycles. The first-order valence-corrected chi connectivity index (χ1v) is 7.29. The van der Waals surface area contributed by atoms with Crippen molar-refractivity contribution in [3.63, 3.8) is 0 Å². The maximum atomic E-state index is 11.8. The summed E-state index contributed by atoms with van der Waals surface area (Å²) in [4.78, 5) is 34.7. The maximum Gasteiger partial charge on any atom is 0.407 e. The lowest BCUT2D eigenvalue weighted by Gasteiger charge is -2.16. The second-order valence-corrected chi connectivity index (χ2v) is 4.78. The fourth-order valence-electron chi connectivity index (χ4n) is 1.67. The highest BCUT2D eigenvalue weighted by Crippen LogP contribution is 2.22. The normalized spacial score (nSPS) is 11.3. The predicted molar refractivity (Wildman–Crippen MR) is 81.9 cm³/mol. The van der Waals surface area contributed by atoms with Crippen molar-refractivity contribution in [1.29, 1.82) is 0 Å². The van der Waals surface area contributed by atoms with Gasteiger partial charge in [0.2, 0.25) is 6.10 Å². The Bertz CT molecular complexity index is 563. The summed E-state index contributed by atoms with van der Waals surface area (Å²) >= 11 is 5.87. The number of rotatable bonds is 7. The largest absolute Gasteiger partial charge is 0.466 e. The molecule has 0 aromatic heterocycles. The van der Waals surface area contributed by atoms with Crippen LogP contribution in [0.15, 0.2) is 24.3 Å². The Morgan fingerprint density at radius 3 is 2.65 bits per heavy atom. The molecule has 0 fully saturated rings. The summed E-state index contributed by atoms with van der Waals surface area (Å²) in [5, 5.41) is 2.78. The van der Waals surface area contributed by atoms with Crippen LogP contribution in [0.2, 0.25) is 5.02 Å². The van der Waals surface area contributed by atoms with Crippen LogP contribution in [0.5, 0.6) is 0 Å². The second-order valence-electron chi connectivity index (χ2n) is 4.35. The Balaban J connectivity index is 2.62. The molecule has 126 valence electrons. The number of carbonyl (C=O) groups is 3. The first-order chi connectivity index (χ1) is 11.0. The molecule has 1 aromatic carbocycles. The monoisotopic (exact) mass is 343 g/mol. The Morgan fingerprint density at radius 2 is 2.04 bits per heavy atom. The standard InChI is InChI=1S/C15H18ClNO6/c1-3-22-15(20)17-8-7-12(18)23-13(14(19)21-2)10-5-4-6-11(16)9-10/h4-6,9,13H,3,7-8H2,1-2H3,(H,17,20)/t13-/m0/s1.